The van der Waals surface area contributed by atoms with Crippen molar-refractivity contribution in [2.45, 2.75) is 6.18 Å². The first kappa shape index (κ1) is 11.4. The topological polar surface area (TPSA) is 60.7 Å². The number of benzene rings is 1. The molecule has 7 heteroatoms. The minimum atomic E-state index is -4.71. The number of halogens is 3. The van der Waals surface area contributed by atoms with Crippen molar-refractivity contribution in [1.82, 2.24) is 0 Å². The summed E-state index contributed by atoms with van der Waals surface area (Å²) in [6.07, 6.45) is -4.71. The average molecular weight is 227 g/mol. The Morgan fingerprint density at radius 3 is 1.86 bits per heavy atom. The van der Waals surface area contributed by atoms with E-state index in [2.05, 4.69) is 0 Å². The smallest absolute Gasteiger partial charge is 0.189 e. The molecule has 0 radical (unpaired) electrons. The highest BCUT2D eigenvalue weighted by Gasteiger charge is 2.45. The van der Waals surface area contributed by atoms with Crippen LogP contribution in [0.4, 0.5) is 13.2 Å². The number of hydrogen-bond donors (Lipinski definition) is 3. The van der Waals surface area contributed by atoms with Gasteiger partial charge in [-0.25, -0.2) is 0 Å². The molecular formula is C7H7F3O3P+. The van der Waals surface area contributed by atoms with Gasteiger partial charge in [-0.1, -0.05) is 12.1 Å². The Labute approximate surface area is 78.0 Å². The molecule has 78 valence electrons. The van der Waals surface area contributed by atoms with Gasteiger partial charge >= 0.3 is 14.1 Å². The second-order valence-electron chi connectivity index (χ2n) is 2.58. The normalized spacial score (nSPS) is 13.0. The van der Waals surface area contributed by atoms with E-state index < -0.39 is 25.0 Å². The molecule has 0 aromatic heterocycles. The first-order valence-electron chi connectivity index (χ1n) is 3.47. The van der Waals surface area contributed by atoms with Crippen molar-refractivity contribution in [2.75, 3.05) is 0 Å². The predicted octanol–water partition coefficient (Wildman–Crippen LogP) is 1.07. The predicted molar refractivity (Wildman–Crippen MR) is 44.7 cm³/mol. The van der Waals surface area contributed by atoms with Gasteiger partial charge in [0.1, 0.15) is 5.56 Å². The van der Waals surface area contributed by atoms with Crippen LogP contribution in [0.15, 0.2) is 24.3 Å². The van der Waals surface area contributed by atoms with Crippen molar-refractivity contribution >= 4 is 13.2 Å². The lowest BCUT2D eigenvalue weighted by molar-refractivity contribution is -0.136. The van der Waals surface area contributed by atoms with Gasteiger partial charge < -0.3 is 0 Å². The Balaban J connectivity index is 3.31. The van der Waals surface area contributed by atoms with Gasteiger partial charge in [0.25, 0.3) is 0 Å². The Morgan fingerprint density at radius 1 is 1.00 bits per heavy atom. The van der Waals surface area contributed by atoms with Gasteiger partial charge in [-0.15, -0.1) is 0 Å². The average Bonchev–Trinajstić information content (AvgIpc) is 2.01. The first-order valence-corrected chi connectivity index (χ1v) is 5.12. The minimum absolute atomic E-state index is 0.673. The molecule has 0 aliphatic heterocycles. The summed E-state index contributed by atoms with van der Waals surface area (Å²) >= 11 is 0. The monoisotopic (exact) mass is 227 g/mol. The van der Waals surface area contributed by atoms with Crippen LogP contribution in [0.25, 0.3) is 0 Å². The third-order valence-corrected chi connectivity index (χ3v) is 2.57. The van der Waals surface area contributed by atoms with Gasteiger partial charge in [-0.2, -0.15) is 27.9 Å². The molecule has 14 heavy (non-hydrogen) atoms. The molecule has 0 heterocycles. The van der Waals surface area contributed by atoms with Crippen molar-refractivity contribution in [2.24, 2.45) is 0 Å². The summed E-state index contributed by atoms with van der Waals surface area (Å²) in [4.78, 5) is 26.3. The molecular weight excluding hydrogens is 220 g/mol. The first-order chi connectivity index (χ1) is 6.23. The van der Waals surface area contributed by atoms with Crippen LogP contribution in [-0.4, -0.2) is 14.7 Å². The molecule has 0 aliphatic rings. The van der Waals surface area contributed by atoms with Gasteiger partial charge in [0.2, 0.25) is 0 Å². The van der Waals surface area contributed by atoms with Crippen LogP contribution in [0, 0.1) is 0 Å². The van der Waals surface area contributed by atoms with E-state index in [4.69, 9.17) is 14.7 Å². The second kappa shape index (κ2) is 3.47. The van der Waals surface area contributed by atoms with E-state index in [0.717, 1.165) is 12.1 Å². The molecule has 1 aromatic carbocycles. The zero-order valence-corrected chi connectivity index (χ0v) is 7.63. The van der Waals surface area contributed by atoms with Crippen molar-refractivity contribution in [1.29, 1.82) is 0 Å². The molecule has 0 saturated heterocycles. The summed E-state index contributed by atoms with van der Waals surface area (Å²) in [5, 5.41) is -0.882. The fourth-order valence-electron chi connectivity index (χ4n) is 0.975. The maximum absolute atomic E-state index is 12.3. The Kier molecular flexibility index (Phi) is 2.83. The highest BCUT2D eigenvalue weighted by molar-refractivity contribution is 7.66. The molecule has 3 nitrogen and oxygen atoms in total. The SMILES string of the molecule is O[P+](O)(O)c1ccccc1C(F)(F)F. The van der Waals surface area contributed by atoms with Crippen LogP contribution in [0.2, 0.25) is 0 Å². The minimum Gasteiger partial charge on any atom is -0.189 e. The molecule has 0 saturated carbocycles. The van der Waals surface area contributed by atoms with Crippen LogP contribution in [0.5, 0.6) is 0 Å². The second-order valence-corrected chi connectivity index (χ2v) is 4.20. The summed E-state index contributed by atoms with van der Waals surface area (Å²) < 4.78 is 36.8. The third-order valence-electron chi connectivity index (χ3n) is 1.53. The number of hydrogen-bond acceptors (Lipinski definition) is 3. The zero-order valence-electron chi connectivity index (χ0n) is 6.73. The van der Waals surface area contributed by atoms with Crippen molar-refractivity contribution in [3.05, 3.63) is 29.8 Å². The molecule has 3 N–H and O–H groups in total. The molecule has 0 aliphatic carbocycles. The molecule has 0 spiro atoms. The lowest BCUT2D eigenvalue weighted by Crippen LogP contribution is -2.21. The maximum atomic E-state index is 12.3. The van der Waals surface area contributed by atoms with Gasteiger partial charge in [-0.05, 0) is 12.1 Å². The van der Waals surface area contributed by atoms with Crippen LogP contribution < -0.4 is 5.30 Å². The molecule has 1 aromatic rings. The van der Waals surface area contributed by atoms with Crippen LogP contribution >= 0.6 is 7.94 Å². The van der Waals surface area contributed by atoms with Crippen LogP contribution in [0.1, 0.15) is 5.56 Å². The van der Waals surface area contributed by atoms with Crippen molar-refractivity contribution in [3.63, 3.8) is 0 Å². The molecule has 0 amide bonds. The number of rotatable bonds is 1. The van der Waals surface area contributed by atoms with E-state index in [-0.39, 0.29) is 0 Å². The largest absolute Gasteiger partial charge is 0.441 e. The Bertz CT molecular complexity index is 299. The lowest BCUT2D eigenvalue weighted by Gasteiger charge is -2.11. The van der Waals surface area contributed by atoms with Crippen molar-refractivity contribution in [3.8, 4) is 0 Å². The number of alkyl halides is 3. The van der Waals surface area contributed by atoms with E-state index in [1.807, 2.05) is 0 Å². The van der Waals surface area contributed by atoms with E-state index >= 15 is 0 Å². The van der Waals surface area contributed by atoms with Crippen molar-refractivity contribution < 1.29 is 27.9 Å². The molecule has 0 atom stereocenters. The molecule has 0 bridgehead atoms. The highest BCUT2D eigenvalue weighted by Crippen LogP contribution is 2.46. The lowest BCUT2D eigenvalue weighted by atomic mass is 10.2. The summed E-state index contributed by atoms with van der Waals surface area (Å²) in [6, 6.07) is 3.79. The highest BCUT2D eigenvalue weighted by atomic mass is 31.2. The quantitative estimate of drug-likeness (QED) is 0.629. The van der Waals surface area contributed by atoms with E-state index in [1.54, 1.807) is 0 Å². The summed E-state index contributed by atoms with van der Waals surface area (Å²) in [6.45, 7) is 0. The Hall–Kier alpha value is -0.680. The van der Waals surface area contributed by atoms with E-state index in [0.29, 0.717) is 6.07 Å². The van der Waals surface area contributed by atoms with Gasteiger partial charge in [0.15, 0.2) is 5.30 Å². The summed E-state index contributed by atoms with van der Waals surface area (Å²) in [7, 11) is -4.62. The van der Waals surface area contributed by atoms with Gasteiger partial charge in [0.05, 0.1) is 0 Å². The molecule has 0 fully saturated rings. The summed E-state index contributed by atoms with van der Waals surface area (Å²) in [5.41, 5.74) is -1.24. The fraction of sp³-hybridized carbons (Fsp3) is 0.143. The standard InChI is InChI=1S/C7H7F3O3P/c8-7(9,10)5-3-1-2-4-6(5)14(11,12)13/h1-4,11-13H/q+1. The van der Waals surface area contributed by atoms with Crippen LogP contribution in [0.3, 0.4) is 0 Å². The fourth-order valence-corrected chi connectivity index (χ4v) is 1.79. The molecule has 1 rings (SSSR count). The van der Waals surface area contributed by atoms with Crippen LogP contribution in [-0.2, 0) is 6.18 Å². The van der Waals surface area contributed by atoms with E-state index in [9.17, 15) is 13.2 Å². The van der Waals surface area contributed by atoms with E-state index in [1.165, 1.54) is 6.07 Å². The van der Waals surface area contributed by atoms with Gasteiger partial charge in [0, 0.05) is 0 Å². The third kappa shape index (κ3) is 2.42. The molecule has 0 unspecified atom stereocenters. The zero-order chi connectivity index (χ0) is 11.0. The Morgan fingerprint density at radius 2 is 1.50 bits per heavy atom. The maximum Gasteiger partial charge on any atom is 0.441 e. The van der Waals surface area contributed by atoms with Gasteiger partial charge in [-0.3, -0.25) is 0 Å². The summed E-state index contributed by atoms with van der Waals surface area (Å²) in [5.74, 6) is 0.